The van der Waals surface area contributed by atoms with E-state index in [9.17, 15) is 4.39 Å². The van der Waals surface area contributed by atoms with E-state index in [0.717, 1.165) is 19.4 Å². The fourth-order valence-electron chi connectivity index (χ4n) is 2.67. The molecule has 100 valence electrons. The molecule has 2 rings (SSSR count). The molecule has 0 radical (unpaired) electrons. The molecule has 2 N–H and O–H groups in total. The van der Waals surface area contributed by atoms with Crippen molar-refractivity contribution in [2.24, 2.45) is 5.73 Å². The molecule has 1 aromatic rings. The van der Waals surface area contributed by atoms with Crippen molar-refractivity contribution in [3.63, 3.8) is 0 Å². The van der Waals surface area contributed by atoms with Crippen LogP contribution in [-0.2, 0) is 6.54 Å². The van der Waals surface area contributed by atoms with Crippen LogP contribution in [0.1, 0.15) is 31.2 Å². The van der Waals surface area contributed by atoms with Gasteiger partial charge in [-0.15, -0.1) is 0 Å². The van der Waals surface area contributed by atoms with E-state index in [2.05, 4.69) is 4.90 Å². The second-order valence-corrected chi connectivity index (χ2v) is 5.30. The summed E-state index contributed by atoms with van der Waals surface area (Å²) in [7, 11) is 0. The maximum atomic E-state index is 13.8. The molecule has 1 aliphatic heterocycles. The molecule has 1 aliphatic rings. The summed E-state index contributed by atoms with van der Waals surface area (Å²) in [5.74, 6) is -0.209. The van der Waals surface area contributed by atoms with Crippen LogP contribution in [0, 0.1) is 5.82 Å². The Bertz CT molecular complexity index is 375. The Morgan fingerprint density at radius 2 is 2.22 bits per heavy atom. The lowest BCUT2D eigenvalue weighted by atomic mass is 9.98. The van der Waals surface area contributed by atoms with Crippen molar-refractivity contribution in [3.8, 4) is 0 Å². The van der Waals surface area contributed by atoms with Gasteiger partial charge in [0.2, 0.25) is 0 Å². The molecule has 0 amide bonds. The van der Waals surface area contributed by atoms with Gasteiger partial charge in [0.05, 0.1) is 0 Å². The molecular formula is C14H20ClFN2. The molecule has 0 saturated carbocycles. The third-order valence-electron chi connectivity index (χ3n) is 3.67. The SMILES string of the molecule is NCCC1CCCCN1Cc1c(F)cccc1Cl. The third-order valence-corrected chi connectivity index (χ3v) is 4.03. The highest BCUT2D eigenvalue weighted by Gasteiger charge is 2.23. The van der Waals surface area contributed by atoms with Gasteiger partial charge in [0.15, 0.2) is 0 Å². The predicted molar refractivity (Wildman–Crippen MR) is 73.1 cm³/mol. The van der Waals surface area contributed by atoms with Gasteiger partial charge in [-0.05, 0) is 44.5 Å². The summed E-state index contributed by atoms with van der Waals surface area (Å²) in [5, 5.41) is 0.520. The fraction of sp³-hybridized carbons (Fsp3) is 0.571. The minimum atomic E-state index is -0.209. The summed E-state index contributed by atoms with van der Waals surface area (Å²) in [6.45, 7) is 2.29. The number of nitrogens with two attached hydrogens (primary N) is 1. The number of benzene rings is 1. The van der Waals surface area contributed by atoms with E-state index in [0.29, 0.717) is 29.7 Å². The molecule has 0 aliphatic carbocycles. The number of hydrogen-bond acceptors (Lipinski definition) is 2. The Hall–Kier alpha value is -0.640. The predicted octanol–water partition coefficient (Wildman–Crippen LogP) is 3.18. The molecule has 1 heterocycles. The molecule has 1 saturated heterocycles. The van der Waals surface area contributed by atoms with Crippen LogP contribution in [0.5, 0.6) is 0 Å². The van der Waals surface area contributed by atoms with E-state index < -0.39 is 0 Å². The van der Waals surface area contributed by atoms with Crippen LogP contribution in [0.2, 0.25) is 5.02 Å². The number of nitrogens with zero attached hydrogens (tertiary/aromatic N) is 1. The number of halogens is 2. The van der Waals surface area contributed by atoms with Crippen molar-refractivity contribution in [2.75, 3.05) is 13.1 Å². The first-order valence-electron chi connectivity index (χ1n) is 6.59. The van der Waals surface area contributed by atoms with Gasteiger partial charge in [0.25, 0.3) is 0 Å². The van der Waals surface area contributed by atoms with Crippen molar-refractivity contribution in [1.29, 1.82) is 0 Å². The van der Waals surface area contributed by atoms with Crippen LogP contribution in [0.15, 0.2) is 18.2 Å². The van der Waals surface area contributed by atoms with Gasteiger partial charge in [-0.2, -0.15) is 0 Å². The zero-order valence-electron chi connectivity index (χ0n) is 10.5. The highest BCUT2D eigenvalue weighted by molar-refractivity contribution is 6.31. The van der Waals surface area contributed by atoms with Gasteiger partial charge in [0.1, 0.15) is 5.82 Å². The molecule has 0 spiro atoms. The van der Waals surface area contributed by atoms with Crippen LogP contribution in [0.4, 0.5) is 4.39 Å². The van der Waals surface area contributed by atoms with Crippen molar-refractivity contribution in [2.45, 2.75) is 38.3 Å². The molecule has 1 aromatic carbocycles. The Morgan fingerprint density at radius 1 is 1.39 bits per heavy atom. The van der Waals surface area contributed by atoms with Crippen LogP contribution in [0.3, 0.4) is 0 Å². The number of piperidine rings is 1. The minimum absolute atomic E-state index is 0.209. The molecule has 18 heavy (non-hydrogen) atoms. The Morgan fingerprint density at radius 3 is 2.94 bits per heavy atom. The Kier molecular flexibility index (Phi) is 4.98. The molecule has 0 aromatic heterocycles. The largest absolute Gasteiger partial charge is 0.330 e. The van der Waals surface area contributed by atoms with Gasteiger partial charge < -0.3 is 5.73 Å². The lowest BCUT2D eigenvalue weighted by Crippen LogP contribution is -2.40. The van der Waals surface area contributed by atoms with E-state index in [1.54, 1.807) is 12.1 Å². The first-order valence-corrected chi connectivity index (χ1v) is 6.97. The summed E-state index contributed by atoms with van der Waals surface area (Å²) in [5.41, 5.74) is 6.26. The summed E-state index contributed by atoms with van der Waals surface area (Å²) >= 11 is 6.08. The van der Waals surface area contributed by atoms with E-state index in [4.69, 9.17) is 17.3 Å². The van der Waals surface area contributed by atoms with Crippen molar-refractivity contribution in [3.05, 3.63) is 34.6 Å². The van der Waals surface area contributed by atoms with Crippen molar-refractivity contribution in [1.82, 2.24) is 4.90 Å². The highest BCUT2D eigenvalue weighted by Crippen LogP contribution is 2.26. The number of rotatable bonds is 4. The average Bonchev–Trinajstić information content (AvgIpc) is 2.36. The quantitative estimate of drug-likeness (QED) is 0.911. The van der Waals surface area contributed by atoms with Gasteiger partial charge in [-0.3, -0.25) is 4.90 Å². The van der Waals surface area contributed by atoms with Crippen molar-refractivity contribution >= 4 is 11.6 Å². The van der Waals surface area contributed by atoms with Gasteiger partial charge in [0, 0.05) is 23.2 Å². The van der Waals surface area contributed by atoms with E-state index in [1.807, 2.05) is 0 Å². The standard InChI is InChI=1S/C14H20ClFN2/c15-13-5-3-6-14(16)12(13)10-18-9-2-1-4-11(18)7-8-17/h3,5-6,11H,1-2,4,7-10,17H2. The first-order chi connectivity index (χ1) is 8.72. The zero-order chi connectivity index (χ0) is 13.0. The molecule has 1 fully saturated rings. The second kappa shape index (κ2) is 6.50. The average molecular weight is 271 g/mol. The maximum absolute atomic E-state index is 13.8. The zero-order valence-corrected chi connectivity index (χ0v) is 11.3. The Labute approximate surface area is 113 Å². The third kappa shape index (κ3) is 3.22. The minimum Gasteiger partial charge on any atom is -0.330 e. The van der Waals surface area contributed by atoms with Crippen LogP contribution in [-0.4, -0.2) is 24.0 Å². The second-order valence-electron chi connectivity index (χ2n) is 4.90. The molecule has 4 heteroatoms. The number of hydrogen-bond donors (Lipinski definition) is 1. The summed E-state index contributed by atoms with van der Waals surface area (Å²) < 4.78 is 13.8. The van der Waals surface area contributed by atoms with Gasteiger partial charge in [-0.25, -0.2) is 4.39 Å². The molecule has 2 nitrogen and oxygen atoms in total. The van der Waals surface area contributed by atoms with Crippen LogP contribution >= 0.6 is 11.6 Å². The molecule has 1 unspecified atom stereocenters. The fourth-order valence-corrected chi connectivity index (χ4v) is 2.90. The molecule has 1 atom stereocenters. The van der Waals surface area contributed by atoms with Gasteiger partial charge in [-0.1, -0.05) is 24.1 Å². The van der Waals surface area contributed by atoms with Crippen molar-refractivity contribution < 1.29 is 4.39 Å². The molecule has 0 bridgehead atoms. The van der Waals surface area contributed by atoms with E-state index in [-0.39, 0.29) is 5.82 Å². The molecular weight excluding hydrogens is 251 g/mol. The lowest BCUT2D eigenvalue weighted by Gasteiger charge is -2.35. The summed E-state index contributed by atoms with van der Waals surface area (Å²) in [6, 6.07) is 5.35. The highest BCUT2D eigenvalue weighted by atomic mass is 35.5. The maximum Gasteiger partial charge on any atom is 0.129 e. The van der Waals surface area contributed by atoms with E-state index >= 15 is 0 Å². The van der Waals surface area contributed by atoms with Gasteiger partial charge >= 0.3 is 0 Å². The monoisotopic (exact) mass is 270 g/mol. The summed E-state index contributed by atoms with van der Waals surface area (Å²) in [4.78, 5) is 2.32. The lowest BCUT2D eigenvalue weighted by molar-refractivity contribution is 0.132. The van der Waals surface area contributed by atoms with E-state index in [1.165, 1.54) is 18.9 Å². The smallest absolute Gasteiger partial charge is 0.129 e. The first kappa shape index (κ1) is 13.8. The Balaban J connectivity index is 2.11. The van der Waals surface area contributed by atoms with Crippen LogP contribution < -0.4 is 5.73 Å². The number of likely N-dealkylation sites (tertiary alicyclic amines) is 1. The topological polar surface area (TPSA) is 29.3 Å². The summed E-state index contributed by atoms with van der Waals surface area (Å²) in [6.07, 6.45) is 4.55. The van der Waals surface area contributed by atoms with Crippen LogP contribution in [0.25, 0.3) is 0 Å². The normalized spacial score (nSPS) is 21.2.